The number of carbonyl (C=O) groups is 2. The molecule has 0 aliphatic carbocycles. The molecule has 0 aliphatic rings. The van der Waals surface area contributed by atoms with E-state index in [0.717, 1.165) is 5.56 Å². The summed E-state index contributed by atoms with van der Waals surface area (Å²) >= 11 is 0. The van der Waals surface area contributed by atoms with Crippen molar-refractivity contribution < 1.29 is 32.2 Å². The number of hydrogen-bond acceptors (Lipinski definition) is 4. The molecule has 0 spiro atoms. The lowest BCUT2D eigenvalue weighted by molar-refractivity contribution is -0.274. The number of amides is 2. The van der Waals surface area contributed by atoms with Crippen LogP contribution in [0.25, 0.3) is 11.1 Å². The third-order valence-electron chi connectivity index (χ3n) is 4.16. The van der Waals surface area contributed by atoms with Crippen molar-refractivity contribution in [1.82, 2.24) is 5.32 Å². The lowest BCUT2D eigenvalue weighted by Crippen LogP contribution is -2.45. The maximum Gasteiger partial charge on any atom is 0.573 e. The maximum atomic E-state index is 12.6. The molecule has 9 heteroatoms. The minimum absolute atomic E-state index is 0.301. The van der Waals surface area contributed by atoms with Crippen LogP contribution >= 0.6 is 0 Å². The lowest BCUT2D eigenvalue weighted by atomic mass is 10.1. The van der Waals surface area contributed by atoms with Gasteiger partial charge in [0.25, 0.3) is 0 Å². The van der Waals surface area contributed by atoms with Gasteiger partial charge in [-0.2, -0.15) is 0 Å². The van der Waals surface area contributed by atoms with Crippen molar-refractivity contribution >= 4 is 17.7 Å². The monoisotopic (exact) mass is 452 g/mol. The minimum atomic E-state index is -4.74. The van der Waals surface area contributed by atoms with Gasteiger partial charge in [0.1, 0.15) is 17.4 Å². The fraction of sp³-hybridized carbons (Fsp3) is 0.391. The number of alkyl halides is 3. The molecule has 1 atom stereocenters. The minimum Gasteiger partial charge on any atom is -0.444 e. The Morgan fingerprint density at radius 2 is 1.47 bits per heavy atom. The molecule has 0 saturated carbocycles. The predicted octanol–water partition coefficient (Wildman–Crippen LogP) is 5.88. The maximum absolute atomic E-state index is 12.6. The Morgan fingerprint density at radius 1 is 0.938 bits per heavy atom. The number of halogens is 3. The van der Waals surface area contributed by atoms with Crippen LogP contribution in [0.2, 0.25) is 0 Å². The van der Waals surface area contributed by atoms with E-state index in [4.69, 9.17) is 4.74 Å². The topological polar surface area (TPSA) is 76.7 Å². The highest BCUT2D eigenvalue weighted by molar-refractivity contribution is 5.96. The summed E-state index contributed by atoms with van der Waals surface area (Å²) in [6, 6.07) is 11.5. The van der Waals surface area contributed by atoms with Gasteiger partial charge < -0.3 is 20.1 Å². The Hall–Kier alpha value is -3.23. The molecule has 0 bridgehead atoms. The molecule has 0 unspecified atom stereocenters. The van der Waals surface area contributed by atoms with Crippen molar-refractivity contribution in [2.24, 2.45) is 0 Å². The summed E-state index contributed by atoms with van der Waals surface area (Å²) in [6.07, 6.45) is -4.29. The molecule has 6 nitrogen and oxygen atoms in total. The fourth-order valence-corrected chi connectivity index (χ4v) is 2.83. The quantitative estimate of drug-likeness (QED) is 0.550. The van der Waals surface area contributed by atoms with Crippen LogP contribution in [0.5, 0.6) is 5.75 Å². The van der Waals surface area contributed by atoms with Gasteiger partial charge in [0.2, 0.25) is 5.91 Å². The van der Waals surface area contributed by atoms with Gasteiger partial charge in [-0.25, -0.2) is 4.79 Å². The van der Waals surface area contributed by atoms with Crippen LogP contribution in [0.1, 0.15) is 40.5 Å². The molecule has 2 aromatic carbocycles. The molecule has 0 fully saturated rings. The zero-order valence-corrected chi connectivity index (χ0v) is 18.4. The highest BCUT2D eigenvalue weighted by Crippen LogP contribution is 2.27. The molecular formula is C23H27F3N2O4. The Labute approximate surface area is 185 Å². The summed E-state index contributed by atoms with van der Waals surface area (Å²) in [5.41, 5.74) is 1.28. The van der Waals surface area contributed by atoms with Gasteiger partial charge in [0, 0.05) is 5.69 Å². The number of nitrogens with one attached hydrogen (secondary N) is 2. The smallest absolute Gasteiger partial charge is 0.444 e. The van der Waals surface area contributed by atoms with E-state index in [1.807, 2.05) is 6.92 Å². The standard InChI is InChI=1S/C23H27F3N2O4/c1-5-6-19(28-21(30)32-22(2,3)4)20(29)27-17-11-7-15(8-12-17)16-9-13-18(14-10-16)31-23(24,25)26/h7-14,19H,5-6H2,1-4H3,(H,27,29)(H,28,30)/t19-/m0/s1. The van der Waals surface area contributed by atoms with Crippen molar-refractivity contribution in [3.63, 3.8) is 0 Å². The molecule has 0 heterocycles. The summed E-state index contributed by atoms with van der Waals surface area (Å²) < 4.78 is 45.9. The van der Waals surface area contributed by atoms with Crippen molar-refractivity contribution in [3.05, 3.63) is 48.5 Å². The highest BCUT2D eigenvalue weighted by Gasteiger charge is 2.31. The first-order chi connectivity index (χ1) is 14.9. The van der Waals surface area contributed by atoms with Gasteiger partial charge in [-0.05, 0) is 62.6 Å². The Morgan fingerprint density at radius 3 is 1.94 bits per heavy atom. The number of hydrogen-bond donors (Lipinski definition) is 2. The first-order valence-electron chi connectivity index (χ1n) is 10.1. The van der Waals surface area contributed by atoms with Crippen LogP contribution in [0.15, 0.2) is 48.5 Å². The average Bonchev–Trinajstić information content (AvgIpc) is 2.66. The Bertz CT molecular complexity index is 905. The molecule has 0 saturated heterocycles. The molecule has 2 aromatic rings. The van der Waals surface area contributed by atoms with Gasteiger partial charge in [-0.3, -0.25) is 4.79 Å². The molecule has 0 aromatic heterocycles. The molecule has 2 rings (SSSR count). The second kappa shape index (κ2) is 10.4. The molecule has 32 heavy (non-hydrogen) atoms. The van der Waals surface area contributed by atoms with E-state index in [-0.39, 0.29) is 11.7 Å². The van der Waals surface area contributed by atoms with Crippen LogP contribution in [-0.2, 0) is 9.53 Å². The third-order valence-corrected chi connectivity index (χ3v) is 4.16. The van der Waals surface area contributed by atoms with E-state index < -0.39 is 24.1 Å². The van der Waals surface area contributed by atoms with Gasteiger partial charge in [-0.15, -0.1) is 13.2 Å². The van der Waals surface area contributed by atoms with Gasteiger partial charge in [-0.1, -0.05) is 37.6 Å². The van der Waals surface area contributed by atoms with Crippen molar-refractivity contribution in [3.8, 4) is 16.9 Å². The molecule has 0 radical (unpaired) electrons. The van der Waals surface area contributed by atoms with Crippen LogP contribution in [0.4, 0.5) is 23.7 Å². The average molecular weight is 452 g/mol. The fourth-order valence-electron chi connectivity index (χ4n) is 2.83. The molecule has 0 aliphatic heterocycles. The number of carbonyl (C=O) groups excluding carboxylic acids is 2. The van der Waals surface area contributed by atoms with Gasteiger partial charge >= 0.3 is 12.5 Å². The second-order valence-corrected chi connectivity index (χ2v) is 8.13. The van der Waals surface area contributed by atoms with Gasteiger partial charge in [0.15, 0.2) is 0 Å². The summed E-state index contributed by atoms with van der Waals surface area (Å²) in [5, 5.41) is 5.34. The van der Waals surface area contributed by atoms with E-state index in [2.05, 4.69) is 15.4 Å². The largest absolute Gasteiger partial charge is 0.573 e. The van der Waals surface area contributed by atoms with Crippen molar-refractivity contribution in [1.29, 1.82) is 0 Å². The number of benzene rings is 2. The number of anilines is 1. The lowest BCUT2D eigenvalue weighted by Gasteiger charge is -2.23. The summed E-state index contributed by atoms with van der Waals surface area (Å²) in [5.74, 6) is -0.677. The van der Waals surface area contributed by atoms with Crippen LogP contribution < -0.4 is 15.4 Å². The zero-order chi connectivity index (χ0) is 23.9. The van der Waals surface area contributed by atoms with Crippen LogP contribution in [-0.4, -0.2) is 30.0 Å². The molecule has 2 amide bonds. The zero-order valence-electron chi connectivity index (χ0n) is 18.4. The molecule has 2 N–H and O–H groups in total. The highest BCUT2D eigenvalue weighted by atomic mass is 19.4. The van der Waals surface area contributed by atoms with Crippen molar-refractivity contribution in [2.75, 3.05) is 5.32 Å². The van der Waals surface area contributed by atoms with Crippen molar-refractivity contribution in [2.45, 2.75) is 58.5 Å². The van der Waals surface area contributed by atoms with Crippen LogP contribution in [0, 0.1) is 0 Å². The summed E-state index contributed by atoms with van der Waals surface area (Å²) in [6.45, 7) is 7.11. The first-order valence-corrected chi connectivity index (χ1v) is 10.1. The summed E-state index contributed by atoms with van der Waals surface area (Å²) in [7, 11) is 0. The molecular weight excluding hydrogens is 425 g/mol. The van der Waals surface area contributed by atoms with E-state index in [9.17, 15) is 22.8 Å². The van der Waals surface area contributed by atoms with E-state index >= 15 is 0 Å². The van der Waals surface area contributed by atoms with E-state index in [0.29, 0.717) is 24.1 Å². The van der Waals surface area contributed by atoms with E-state index in [1.165, 1.54) is 24.3 Å². The summed E-state index contributed by atoms with van der Waals surface area (Å²) in [4.78, 5) is 24.6. The second-order valence-electron chi connectivity index (χ2n) is 8.13. The number of ether oxygens (including phenoxy) is 2. The van der Waals surface area contributed by atoms with Crippen LogP contribution in [0.3, 0.4) is 0 Å². The Balaban J connectivity index is 2.02. The SMILES string of the molecule is CCC[C@H](NC(=O)OC(C)(C)C)C(=O)Nc1ccc(-c2ccc(OC(F)(F)F)cc2)cc1. The normalized spacial score (nSPS) is 12.6. The van der Waals surface area contributed by atoms with Gasteiger partial charge in [0.05, 0.1) is 0 Å². The Kier molecular flexibility index (Phi) is 8.13. The van der Waals surface area contributed by atoms with E-state index in [1.54, 1.807) is 45.0 Å². The first kappa shape index (κ1) is 25.0. The third kappa shape index (κ3) is 8.49. The number of alkyl carbamates (subject to hydrolysis) is 1. The number of rotatable bonds is 7. The predicted molar refractivity (Wildman–Crippen MR) is 115 cm³/mol. The molecule has 174 valence electrons.